The van der Waals surface area contributed by atoms with Crippen LogP contribution in [0.1, 0.15) is 21.5 Å². The molecule has 0 saturated carbocycles. The van der Waals surface area contributed by atoms with E-state index < -0.39 is 5.97 Å². The number of methoxy groups -OCH3 is 1. The summed E-state index contributed by atoms with van der Waals surface area (Å²) in [6, 6.07) is 5.50. The van der Waals surface area contributed by atoms with Gasteiger partial charge in [0.15, 0.2) is 0 Å². The number of nitrogens with zero attached hydrogens (tertiary/aromatic N) is 1. The van der Waals surface area contributed by atoms with Crippen molar-refractivity contribution in [2.75, 3.05) is 7.11 Å². The minimum atomic E-state index is -0.467. The van der Waals surface area contributed by atoms with E-state index in [1.54, 1.807) is 6.07 Å². The summed E-state index contributed by atoms with van der Waals surface area (Å²) in [7, 11) is 1.30. The number of rotatable bonds is 1. The highest BCUT2D eigenvalue weighted by Gasteiger charge is 2.15. The second-order valence-corrected chi connectivity index (χ2v) is 3.93. The molecule has 0 fully saturated rings. The lowest BCUT2D eigenvalue weighted by atomic mass is 10.1. The summed E-state index contributed by atoms with van der Waals surface area (Å²) < 4.78 is 5.35. The first-order valence-electron chi connectivity index (χ1n) is 3.88. The number of halogens is 1. The molecule has 1 aromatic rings. The molecule has 0 aromatic heterocycles. The summed E-state index contributed by atoms with van der Waals surface area (Å²) in [5, 5.41) is 8.85. The van der Waals surface area contributed by atoms with Crippen LogP contribution >= 0.6 is 22.6 Å². The lowest BCUT2D eigenvalue weighted by Crippen LogP contribution is -2.07. The number of ether oxygens (including phenoxy) is 1. The second kappa shape index (κ2) is 4.42. The lowest BCUT2D eigenvalue weighted by Gasteiger charge is -2.05. The minimum Gasteiger partial charge on any atom is -0.465 e. The van der Waals surface area contributed by atoms with Crippen molar-refractivity contribution in [2.45, 2.75) is 6.92 Å². The zero-order valence-corrected chi connectivity index (χ0v) is 9.95. The fourth-order valence-electron chi connectivity index (χ4n) is 1.14. The predicted molar refractivity (Wildman–Crippen MR) is 60.0 cm³/mol. The Balaban J connectivity index is 3.42. The molecule has 0 radical (unpaired) electrons. The van der Waals surface area contributed by atoms with Crippen molar-refractivity contribution in [1.29, 1.82) is 5.26 Å². The predicted octanol–water partition coefficient (Wildman–Crippen LogP) is 2.26. The third-order valence-corrected chi connectivity index (χ3v) is 2.60. The van der Waals surface area contributed by atoms with E-state index in [0.717, 1.165) is 9.13 Å². The van der Waals surface area contributed by atoms with Gasteiger partial charge in [0.1, 0.15) is 6.07 Å². The van der Waals surface area contributed by atoms with Crippen LogP contribution in [0.4, 0.5) is 0 Å². The summed E-state index contributed by atoms with van der Waals surface area (Å²) in [4.78, 5) is 11.3. The van der Waals surface area contributed by atoms with Gasteiger partial charge in [0.05, 0.1) is 18.2 Å². The Labute approximate surface area is 95.8 Å². The molecule has 14 heavy (non-hydrogen) atoms. The third-order valence-electron chi connectivity index (χ3n) is 1.74. The Morgan fingerprint density at radius 2 is 2.21 bits per heavy atom. The number of esters is 1. The van der Waals surface area contributed by atoms with E-state index in [4.69, 9.17) is 5.26 Å². The first-order chi connectivity index (χ1) is 6.60. The molecule has 0 aliphatic rings. The van der Waals surface area contributed by atoms with Crippen molar-refractivity contribution in [3.8, 4) is 6.07 Å². The van der Waals surface area contributed by atoms with Gasteiger partial charge in [-0.1, -0.05) is 0 Å². The van der Waals surface area contributed by atoms with Gasteiger partial charge in [-0.2, -0.15) is 5.26 Å². The van der Waals surface area contributed by atoms with Gasteiger partial charge in [-0.25, -0.2) is 4.79 Å². The molecule has 0 bridgehead atoms. The average molecular weight is 301 g/mol. The highest BCUT2D eigenvalue weighted by molar-refractivity contribution is 14.1. The maximum Gasteiger partial charge on any atom is 0.340 e. The van der Waals surface area contributed by atoms with E-state index in [1.807, 2.05) is 41.7 Å². The molecular formula is C10H8INO2. The average Bonchev–Trinajstić information content (AvgIpc) is 2.15. The van der Waals surface area contributed by atoms with Crippen LogP contribution < -0.4 is 0 Å². The van der Waals surface area contributed by atoms with E-state index in [0.29, 0.717) is 11.1 Å². The highest BCUT2D eigenvalue weighted by atomic mass is 127. The van der Waals surface area contributed by atoms with Crippen molar-refractivity contribution in [3.05, 3.63) is 32.4 Å². The number of aryl methyl sites for hydroxylation is 1. The fourth-order valence-corrected chi connectivity index (χ4v) is 2.14. The Hall–Kier alpha value is -1.09. The van der Waals surface area contributed by atoms with Crippen molar-refractivity contribution < 1.29 is 9.53 Å². The number of carbonyl (C=O) groups is 1. The number of hydrogen-bond donors (Lipinski definition) is 0. The molecule has 0 aliphatic heterocycles. The standard InChI is InChI=1S/C10H8INO2/c1-6-3-7(5-12)9(8(11)4-6)10(13)14-2/h3-4H,1-2H3. The van der Waals surface area contributed by atoms with Crippen LogP contribution in [-0.2, 0) is 4.74 Å². The smallest absolute Gasteiger partial charge is 0.340 e. The molecule has 0 amide bonds. The van der Waals surface area contributed by atoms with Crippen LogP contribution in [0.2, 0.25) is 0 Å². The van der Waals surface area contributed by atoms with E-state index in [1.165, 1.54) is 7.11 Å². The van der Waals surface area contributed by atoms with Gasteiger partial charge in [-0.15, -0.1) is 0 Å². The van der Waals surface area contributed by atoms with Gasteiger partial charge in [-0.05, 0) is 47.2 Å². The van der Waals surface area contributed by atoms with Crippen molar-refractivity contribution in [3.63, 3.8) is 0 Å². The van der Waals surface area contributed by atoms with Crippen molar-refractivity contribution in [1.82, 2.24) is 0 Å². The van der Waals surface area contributed by atoms with Crippen LogP contribution in [-0.4, -0.2) is 13.1 Å². The Bertz CT molecular complexity index is 421. The van der Waals surface area contributed by atoms with Gasteiger partial charge in [0.25, 0.3) is 0 Å². The minimum absolute atomic E-state index is 0.348. The van der Waals surface area contributed by atoms with Gasteiger partial charge < -0.3 is 4.74 Å². The lowest BCUT2D eigenvalue weighted by molar-refractivity contribution is 0.0599. The van der Waals surface area contributed by atoms with Gasteiger partial charge in [-0.3, -0.25) is 0 Å². The molecular weight excluding hydrogens is 293 g/mol. The molecule has 0 atom stereocenters. The molecule has 1 rings (SSSR count). The normalized spacial score (nSPS) is 9.29. The first kappa shape index (κ1) is 11.0. The number of carbonyl (C=O) groups excluding carboxylic acids is 1. The largest absolute Gasteiger partial charge is 0.465 e. The molecule has 4 heteroatoms. The zero-order valence-electron chi connectivity index (χ0n) is 7.80. The van der Waals surface area contributed by atoms with Gasteiger partial charge >= 0.3 is 5.97 Å². The van der Waals surface area contributed by atoms with Crippen molar-refractivity contribution >= 4 is 28.6 Å². The fraction of sp³-hybridized carbons (Fsp3) is 0.200. The highest BCUT2D eigenvalue weighted by Crippen LogP contribution is 2.19. The van der Waals surface area contributed by atoms with Crippen LogP contribution in [0.5, 0.6) is 0 Å². The quantitative estimate of drug-likeness (QED) is 0.590. The summed E-state index contributed by atoms with van der Waals surface area (Å²) in [5.74, 6) is -0.467. The maximum atomic E-state index is 11.3. The van der Waals surface area contributed by atoms with Crippen LogP contribution in [0, 0.1) is 21.8 Å². The monoisotopic (exact) mass is 301 g/mol. The van der Waals surface area contributed by atoms with Gasteiger partial charge in [0, 0.05) is 3.57 Å². The van der Waals surface area contributed by atoms with Crippen LogP contribution in [0.15, 0.2) is 12.1 Å². The van der Waals surface area contributed by atoms with Crippen molar-refractivity contribution in [2.24, 2.45) is 0 Å². The summed E-state index contributed by atoms with van der Waals surface area (Å²) in [6.07, 6.45) is 0. The molecule has 3 nitrogen and oxygen atoms in total. The molecule has 0 aliphatic carbocycles. The van der Waals surface area contributed by atoms with E-state index in [-0.39, 0.29) is 0 Å². The van der Waals surface area contributed by atoms with E-state index >= 15 is 0 Å². The Morgan fingerprint density at radius 3 is 2.71 bits per heavy atom. The topological polar surface area (TPSA) is 50.1 Å². The molecule has 0 unspecified atom stereocenters. The van der Waals surface area contributed by atoms with Crippen LogP contribution in [0.25, 0.3) is 0 Å². The van der Waals surface area contributed by atoms with E-state index in [2.05, 4.69) is 4.74 Å². The zero-order chi connectivity index (χ0) is 10.7. The summed E-state index contributed by atoms with van der Waals surface area (Å²) in [5.41, 5.74) is 1.67. The molecule has 0 N–H and O–H groups in total. The molecule has 0 spiro atoms. The molecule has 72 valence electrons. The van der Waals surface area contributed by atoms with E-state index in [9.17, 15) is 4.79 Å². The number of benzene rings is 1. The molecule has 1 aromatic carbocycles. The number of hydrogen-bond acceptors (Lipinski definition) is 3. The van der Waals surface area contributed by atoms with Crippen LogP contribution in [0.3, 0.4) is 0 Å². The molecule has 0 saturated heterocycles. The Morgan fingerprint density at radius 1 is 1.57 bits per heavy atom. The first-order valence-corrected chi connectivity index (χ1v) is 4.96. The second-order valence-electron chi connectivity index (χ2n) is 2.77. The third kappa shape index (κ3) is 2.04. The Kier molecular flexibility index (Phi) is 3.47. The SMILES string of the molecule is COC(=O)c1c(I)cc(C)cc1C#N. The number of nitriles is 1. The summed E-state index contributed by atoms with van der Waals surface area (Å²) >= 11 is 2.02. The van der Waals surface area contributed by atoms with Gasteiger partial charge in [0.2, 0.25) is 0 Å². The summed E-state index contributed by atoms with van der Waals surface area (Å²) in [6.45, 7) is 1.88. The maximum absolute atomic E-state index is 11.3. The molecule has 0 heterocycles.